The molecule has 0 aliphatic carbocycles. The van der Waals surface area contributed by atoms with Gasteiger partial charge in [-0.3, -0.25) is 4.57 Å². The van der Waals surface area contributed by atoms with E-state index in [0.717, 1.165) is 39.4 Å². The number of aryl methyl sites for hydroxylation is 1. The van der Waals surface area contributed by atoms with Crippen LogP contribution >= 0.6 is 0 Å². The zero-order valence-electron chi connectivity index (χ0n) is 13.8. The predicted molar refractivity (Wildman–Crippen MR) is 99.1 cm³/mol. The molecule has 4 aromatic rings. The largest absolute Gasteiger partial charge is 0.383 e. The highest BCUT2D eigenvalue weighted by Crippen LogP contribution is 2.30. The topological polar surface area (TPSA) is 95.6 Å². The summed E-state index contributed by atoms with van der Waals surface area (Å²) in [6.45, 7) is 2.50. The fourth-order valence-electron chi connectivity index (χ4n) is 2.88. The van der Waals surface area contributed by atoms with E-state index in [-0.39, 0.29) is 0 Å². The van der Waals surface area contributed by atoms with Gasteiger partial charge in [0, 0.05) is 24.6 Å². The second-order valence-electron chi connectivity index (χ2n) is 5.93. The lowest BCUT2D eigenvalue weighted by Crippen LogP contribution is -2.02. The highest BCUT2D eigenvalue weighted by Gasteiger charge is 2.17. The van der Waals surface area contributed by atoms with Crippen LogP contribution < -0.4 is 11.5 Å². The molecule has 4 rings (SSSR count). The molecular formula is C19H18N6. The highest BCUT2D eigenvalue weighted by atomic mass is 15.1. The van der Waals surface area contributed by atoms with Gasteiger partial charge in [0.05, 0.1) is 5.56 Å². The smallest absolute Gasteiger partial charge is 0.164 e. The van der Waals surface area contributed by atoms with Crippen molar-refractivity contribution in [3.63, 3.8) is 0 Å². The average Bonchev–Trinajstić information content (AvgIpc) is 3.00. The number of rotatable bonds is 3. The molecule has 3 aromatic heterocycles. The fourth-order valence-corrected chi connectivity index (χ4v) is 2.88. The number of nitrogen functional groups attached to an aromatic ring is 1. The predicted octanol–water partition coefficient (Wildman–Crippen LogP) is 2.83. The number of hydrogen-bond donors (Lipinski definition) is 2. The molecule has 0 bridgehead atoms. The molecular weight excluding hydrogens is 312 g/mol. The van der Waals surface area contributed by atoms with Gasteiger partial charge < -0.3 is 11.5 Å². The van der Waals surface area contributed by atoms with Crippen LogP contribution in [0.2, 0.25) is 0 Å². The zero-order valence-corrected chi connectivity index (χ0v) is 13.8. The lowest BCUT2D eigenvalue weighted by Gasteiger charge is -2.10. The van der Waals surface area contributed by atoms with Gasteiger partial charge in [-0.1, -0.05) is 12.1 Å². The molecule has 0 saturated carbocycles. The standard InChI is InChI=1S/C19H18N6/c1-12-9-16-19(23-11-12)25(14-6-4-13(10-20)5-7-14)18(24-16)15-3-2-8-22-17(15)21/h2-9,11H,10,20H2,1H3,(H2,21,22). The Morgan fingerprint density at radius 2 is 1.88 bits per heavy atom. The van der Waals surface area contributed by atoms with Crippen molar-refractivity contribution in [2.45, 2.75) is 13.5 Å². The first-order valence-electron chi connectivity index (χ1n) is 8.02. The monoisotopic (exact) mass is 330 g/mol. The van der Waals surface area contributed by atoms with Gasteiger partial charge in [0.25, 0.3) is 0 Å². The first-order valence-corrected chi connectivity index (χ1v) is 8.02. The van der Waals surface area contributed by atoms with Crippen molar-refractivity contribution in [2.24, 2.45) is 5.73 Å². The number of benzene rings is 1. The van der Waals surface area contributed by atoms with Gasteiger partial charge in [-0.05, 0) is 48.4 Å². The van der Waals surface area contributed by atoms with Gasteiger partial charge in [-0.2, -0.15) is 0 Å². The van der Waals surface area contributed by atoms with E-state index in [9.17, 15) is 0 Å². The second-order valence-corrected chi connectivity index (χ2v) is 5.93. The summed E-state index contributed by atoms with van der Waals surface area (Å²) >= 11 is 0. The third-order valence-corrected chi connectivity index (χ3v) is 4.14. The third kappa shape index (κ3) is 2.62. The van der Waals surface area contributed by atoms with E-state index in [1.165, 1.54) is 0 Å². The minimum absolute atomic E-state index is 0.439. The van der Waals surface area contributed by atoms with E-state index >= 15 is 0 Å². The highest BCUT2D eigenvalue weighted by molar-refractivity contribution is 5.82. The van der Waals surface area contributed by atoms with Crippen molar-refractivity contribution in [1.29, 1.82) is 0 Å². The Morgan fingerprint density at radius 3 is 2.60 bits per heavy atom. The van der Waals surface area contributed by atoms with Crippen molar-refractivity contribution in [3.8, 4) is 17.1 Å². The molecule has 1 aromatic carbocycles. The summed E-state index contributed by atoms with van der Waals surface area (Å²) < 4.78 is 2.00. The van der Waals surface area contributed by atoms with Crippen molar-refractivity contribution >= 4 is 17.0 Å². The van der Waals surface area contributed by atoms with E-state index in [1.807, 2.05) is 60.2 Å². The molecule has 6 nitrogen and oxygen atoms in total. The molecule has 6 heteroatoms. The van der Waals surface area contributed by atoms with Crippen LogP contribution in [0.4, 0.5) is 5.82 Å². The van der Waals surface area contributed by atoms with Crippen LogP contribution in [0, 0.1) is 6.92 Å². The van der Waals surface area contributed by atoms with E-state index in [1.54, 1.807) is 6.20 Å². The van der Waals surface area contributed by atoms with Crippen molar-refractivity contribution in [2.75, 3.05) is 5.73 Å². The van der Waals surface area contributed by atoms with Crippen molar-refractivity contribution in [3.05, 3.63) is 66.0 Å². The van der Waals surface area contributed by atoms with Crippen LogP contribution in [0.25, 0.3) is 28.2 Å². The summed E-state index contributed by atoms with van der Waals surface area (Å²) in [5, 5.41) is 0. The Bertz CT molecular complexity index is 1050. The number of nitrogens with two attached hydrogens (primary N) is 2. The molecule has 0 amide bonds. The molecule has 0 unspecified atom stereocenters. The van der Waals surface area contributed by atoms with Crippen LogP contribution in [0.5, 0.6) is 0 Å². The van der Waals surface area contributed by atoms with Crippen LogP contribution in [0.15, 0.2) is 54.9 Å². The van der Waals surface area contributed by atoms with E-state index in [2.05, 4.69) is 9.97 Å². The van der Waals surface area contributed by atoms with Gasteiger partial charge in [0.2, 0.25) is 0 Å². The first kappa shape index (κ1) is 15.3. The quantitative estimate of drug-likeness (QED) is 0.602. The number of hydrogen-bond acceptors (Lipinski definition) is 5. The molecule has 124 valence electrons. The van der Waals surface area contributed by atoms with Crippen LogP contribution in [-0.4, -0.2) is 19.5 Å². The Kier molecular flexibility index (Phi) is 3.66. The molecule has 0 atom stereocenters. The minimum atomic E-state index is 0.439. The Balaban J connectivity index is 2.03. The van der Waals surface area contributed by atoms with Crippen molar-refractivity contribution < 1.29 is 0 Å². The van der Waals surface area contributed by atoms with Crippen LogP contribution in [0.3, 0.4) is 0 Å². The number of imidazole rings is 1. The van der Waals surface area contributed by atoms with E-state index < -0.39 is 0 Å². The van der Waals surface area contributed by atoms with Crippen LogP contribution in [-0.2, 0) is 6.54 Å². The van der Waals surface area contributed by atoms with Gasteiger partial charge in [0.1, 0.15) is 11.3 Å². The molecule has 0 radical (unpaired) electrons. The number of fused-ring (bicyclic) bond motifs is 1. The van der Waals surface area contributed by atoms with E-state index in [4.69, 9.17) is 16.5 Å². The third-order valence-electron chi connectivity index (χ3n) is 4.14. The lowest BCUT2D eigenvalue weighted by molar-refractivity contribution is 1.04. The Hall–Kier alpha value is -3.25. The molecule has 0 aliphatic rings. The summed E-state index contributed by atoms with van der Waals surface area (Å²) in [5.41, 5.74) is 17.3. The number of pyridine rings is 2. The van der Waals surface area contributed by atoms with Crippen molar-refractivity contribution in [1.82, 2.24) is 19.5 Å². The maximum absolute atomic E-state index is 6.10. The SMILES string of the molecule is Cc1cnc2c(c1)nc(-c1cccnc1N)n2-c1ccc(CN)cc1. The minimum Gasteiger partial charge on any atom is -0.383 e. The number of anilines is 1. The molecule has 0 saturated heterocycles. The van der Waals surface area contributed by atoms with Gasteiger partial charge >= 0.3 is 0 Å². The summed E-state index contributed by atoms with van der Waals surface area (Å²) in [6.07, 6.45) is 3.51. The average molecular weight is 330 g/mol. The molecule has 0 spiro atoms. The summed E-state index contributed by atoms with van der Waals surface area (Å²) in [4.78, 5) is 13.6. The summed E-state index contributed by atoms with van der Waals surface area (Å²) in [7, 11) is 0. The Morgan fingerprint density at radius 1 is 1.08 bits per heavy atom. The molecule has 0 aliphatic heterocycles. The molecule has 3 heterocycles. The zero-order chi connectivity index (χ0) is 17.4. The normalized spacial score (nSPS) is 11.1. The van der Waals surface area contributed by atoms with Gasteiger partial charge in [-0.15, -0.1) is 0 Å². The van der Waals surface area contributed by atoms with Gasteiger partial charge in [0.15, 0.2) is 11.5 Å². The lowest BCUT2D eigenvalue weighted by atomic mass is 10.2. The molecule has 0 fully saturated rings. The van der Waals surface area contributed by atoms with Gasteiger partial charge in [-0.25, -0.2) is 15.0 Å². The molecule has 25 heavy (non-hydrogen) atoms. The maximum atomic E-state index is 6.10. The van der Waals surface area contributed by atoms with E-state index in [0.29, 0.717) is 12.4 Å². The second kappa shape index (κ2) is 5.99. The summed E-state index contributed by atoms with van der Waals surface area (Å²) in [6, 6.07) is 13.8. The first-order chi connectivity index (χ1) is 12.2. The Labute approximate surface area is 145 Å². The number of nitrogens with zero attached hydrogens (tertiary/aromatic N) is 4. The number of aromatic nitrogens is 4. The molecule has 4 N–H and O–H groups in total. The summed E-state index contributed by atoms with van der Waals surface area (Å²) in [5.74, 6) is 1.16. The fraction of sp³-hybridized carbons (Fsp3) is 0.105. The maximum Gasteiger partial charge on any atom is 0.164 e. The van der Waals surface area contributed by atoms with Crippen LogP contribution in [0.1, 0.15) is 11.1 Å².